The second-order valence-electron chi connectivity index (χ2n) is 7.10. The van der Waals surface area contributed by atoms with Crippen molar-refractivity contribution in [3.8, 4) is 5.75 Å². The van der Waals surface area contributed by atoms with E-state index >= 15 is 0 Å². The molecule has 3 rings (SSSR count). The zero-order chi connectivity index (χ0) is 24.0. The summed E-state index contributed by atoms with van der Waals surface area (Å²) in [7, 11) is -4.06. The predicted octanol–water partition coefficient (Wildman–Crippen LogP) is 5.70. The molecule has 0 atom stereocenters. The highest BCUT2D eigenvalue weighted by Gasteiger charge is 2.27. The van der Waals surface area contributed by atoms with Gasteiger partial charge in [0.05, 0.1) is 20.6 Å². The lowest BCUT2D eigenvalue weighted by molar-refractivity contribution is -0.114. The summed E-state index contributed by atoms with van der Waals surface area (Å²) in [4.78, 5) is 12.9. The van der Waals surface area contributed by atoms with E-state index in [-0.39, 0.29) is 20.6 Å². The average Bonchev–Trinajstić information content (AvgIpc) is 2.79. The molecule has 0 aromatic heterocycles. The van der Waals surface area contributed by atoms with Gasteiger partial charge < -0.3 is 10.1 Å². The van der Waals surface area contributed by atoms with E-state index in [0.717, 1.165) is 9.87 Å². The predicted molar refractivity (Wildman–Crippen MR) is 133 cm³/mol. The Morgan fingerprint density at radius 3 is 2.30 bits per heavy atom. The largest absolute Gasteiger partial charge is 0.490 e. The molecular formula is C24H22Cl2N2O4S. The molecule has 0 spiro atoms. The number of ether oxygens (including phenoxy) is 1. The van der Waals surface area contributed by atoms with Gasteiger partial charge in [0.2, 0.25) is 5.91 Å². The van der Waals surface area contributed by atoms with E-state index in [0.29, 0.717) is 18.0 Å². The minimum Gasteiger partial charge on any atom is -0.490 e. The molecule has 172 valence electrons. The molecule has 3 aromatic carbocycles. The standard InChI is InChI=1S/C24H22Cl2N2O4S/c1-3-14-32-20-9-6-18(7-10-20)27-24(29)16-28(19-8-13-22(25)23(26)15-19)33(30,31)21-11-4-17(2)5-12-21/h3-13,15H,1,14,16H2,2H3,(H,27,29). The van der Waals surface area contributed by atoms with Crippen molar-refractivity contribution in [3.63, 3.8) is 0 Å². The molecule has 6 nitrogen and oxygen atoms in total. The lowest BCUT2D eigenvalue weighted by atomic mass is 10.2. The zero-order valence-corrected chi connectivity index (χ0v) is 20.1. The fourth-order valence-corrected chi connectivity index (χ4v) is 4.62. The number of nitrogens with one attached hydrogen (secondary N) is 1. The summed E-state index contributed by atoms with van der Waals surface area (Å²) in [5, 5.41) is 3.15. The number of hydrogen-bond acceptors (Lipinski definition) is 4. The summed E-state index contributed by atoms with van der Waals surface area (Å²) in [6.45, 7) is 5.34. The highest BCUT2D eigenvalue weighted by molar-refractivity contribution is 7.92. The Balaban J connectivity index is 1.87. The molecule has 3 aromatic rings. The van der Waals surface area contributed by atoms with E-state index in [1.807, 2.05) is 6.92 Å². The van der Waals surface area contributed by atoms with Crippen LogP contribution in [-0.4, -0.2) is 27.5 Å². The maximum atomic E-state index is 13.4. The number of benzene rings is 3. The van der Waals surface area contributed by atoms with Crippen molar-refractivity contribution in [2.24, 2.45) is 0 Å². The smallest absolute Gasteiger partial charge is 0.264 e. The number of nitrogens with zero attached hydrogens (tertiary/aromatic N) is 1. The number of aryl methyl sites for hydroxylation is 1. The summed E-state index contributed by atoms with van der Waals surface area (Å²) >= 11 is 12.1. The number of anilines is 2. The van der Waals surface area contributed by atoms with Gasteiger partial charge in [-0.2, -0.15) is 0 Å². The van der Waals surface area contributed by atoms with Crippen LogP contribution in [0.3, 0.4) is 0 Å². The number of carbonyl (C=O) groups excluding carboxylic acids is 1. The number of halogens is 2. The van der Waals surface area contributed by atoms with Crippen molar-refractivity contribution in [1.82, 2.24) is 0 Å². The molecule has 0 bridgehead atoms. The van der Waals surface area contributed by atoms with Crippen LogP contribution in [0.5, 0.6) is 5.75 Å². The van der Waals surface area contributed by atoms with E-state index in [4.69, 9.17) is 27.9 Å². The molecule has 0 aliphatic carbocycles. The Morgan fingerprint density at radius 1 is 1.03 bits per heavy atom. The van der Waals surface area contributed by atoms with Crippen LogP contribution in [0.15, 0.2) is 84.3 Å². The van der Waals surface area contributed by atoms with Crippen LogP contribution in [0.1, 0.15) is 5.56 Å². The topological polar surface area (TPSA) is 75.7 Å². The fraction of sp³-hybridized carbons (Fsp3) is 0.125. The average molecular weight is 505 g/mol. The van der Waals surface area contributed by atoms with Crippen molar-refractivity contribution in [2.75, 3.05) is 22.8 Å². The maximum absolute atomic E-state index is 13.4. The Morgan fingerprint density at radius 2 is 1.70 bits per heavy atom. The molecule has 9 heteroatoms. The Kier molecular flexibility index (Phi) is 8.02. The van der Waals surface area contributed by atoms with Crippen LogP contribution in [0.4, 0.5) is 11.4 Å². The minimum atomic E-state index is -4.06. The molecule has 1 N–H and O–H groups in total. The summed E-state index contributed by atoms with van der Waals surface area (Å²) < 4.78 is 33.3. The van der Waals surface area contributed by atoms with Crippen LogP contribution < -0.4 is 14.4 Å². The normalized spacial score (nSPS) is 11.0. The zero-order valence-electron chi connectivity index (χ0n) is 17.8. The second kappa shape index (κ2) is 10.7. The third-order valence-electron chi connectivity index (χ3n) is 4.59. The molecule has 1 amide bonds. The fourth-order valence-electron chi connectivity index (χ4n) is 2.91. The van der Waals surface area contributed by atoms with Crippen LogP contribution in [0, 0.1) is 6.92 Å². The Bertz CT molecular complexity index is 1240. The van der Waals surface area contributed by atoms with Crippen molar-refractivity contribution >= 4 is 50.5 Å². The first-order chi connectivity index (χ1) is 15.7. The van der Waals surface area contributed by atoms with Crippen molar-refractivity contribution < 1.29 is 17.9 Å². The molecule has 0 heterocycles. The molecule has 0 fully saturated rings. The number of sulfonamides is 1. The third kappa shape index (κ3) is 6.28. The van der Waals surface area contributed by atoms with Gasteiger partial charge >= 0.3 is 0 Å². The van der Waals surface area contributed by atoms with E-state index in [2.05, 4.69) is 11.9 Å². The summed E-state index contributed by atoms with van der Waals surface area (Å²) in [6, 6.07) is 17.5. The van der Waals surface area contributed by atoms with Crippen molar-refractivity contribution in [1.29, 1.82) is 0 Å². The number of rotatable bonds is 9. The van der Waals surface area contributed by atoms with Gasteiger partial charge in [0, 0.05) is 5.69 Å². The summed E-state index contributed by atoms with van der Waals surface area (Å²) in [6.07, 6.45) is 1.63. The van der Waals surface area contributed by atoms with E-state index in [1.165, 1.54) is 30.3 Å². The van der Waals surface area contributed by atoms with Gasteiger partial charge in [-0.15, -0.1) is 0 Å². The molecule has 0 saturated heterocycles. The van der Waals surface area contributed by atoms with E-state index in [9.17, 15) is 13.2 Å². The summed E-state index contributed by atoms with van der Waals surface area (Å²) in [5.41, 5.74) is 1.62. The number of amides is 1. The third-order valence-corrected chi connectivity index (χ3v) is 7.12. The van der Waals surface area contributed by atoms with E-state index in [1.54, 1.807) is 42.5 Å². The van der Waals surface area contributed by atoms with Gasteiger partial charge in [0.1, 0.15) is 18.9 Å². The SMILES string of the molecule is C=CCOc1ccc(NC(=O)CN(c2ccc(Cl)c(Cl)c2)S(=O)(=O)c2ccc(C)cc2)cc1. The second-order valence-corrected chi connectivity index (χ2v) is 9.77. The van der Waals surface area contributed by atoms with Gasteiger partial charge in [0.25, 0.3) is 10.0 Å². The van der Waals surface area contributed by atoms with E-state index < -0.39 is 22.5 Å². The van der Waals surface area contributed by atoms with Crippen LogP contribution in [0.25, 0.3) is 0 Å². The molecule has 0 unspecified atom stereocenters. The van der Waals surface area contributed by atoms with Gasteiger partial charge in [-0.1, -0.05) is 53.6 Å². The molecular weight excluding hydrogens is 483 g/mol. The van der Waals surface area contributed by atoms with Crippen LogP contribution >= 0.6 is 23.2 Å². The molecule has 0 saturated carbocycles. The van der Waals surface area contributed by atoms with Gasteiger partial charge in [-0.3, -0.25) is 9.10 Å². The highest BCUT2D eigenvalue weighted by atomic mass is 35.5. The monoisotopic (exact) mass is 504 g/mol. The summed E-state index contributed by atoms with van der Waals surface area (Å²) in [5.74, 6) is 0.0869. The van der Waals surface area contributed by atoms with Crippen molar-refractivity contribution in [2.45, 2.75) is 11.8 Å². The lowest BCUT2D eigenvalue weighted by Gasteiger charge is -2.24. The van der Waals surface area contributed by atoms with Gasteiger partial charge in [0.15, 0.2) is 0 Å². The van der Waals surface area contributed by atoms with Gasteiger partial charge in [-0.25, -0.2) is 8.42 Å². The molecule has 0 aliphatic rings. The molecule has 0 radical (unpaired) electrons. The molecule has 0 aliphatic heterocycles. The Hall–Kier alpha value is -3.00. The minimum absolute atomic E-state index is 0.0516. The number of carbonyl (C=O) groups is 1. The van der Waals surface area contributed by atoms with Gasteiger partial charge in [-0.05, 0) is 61.5 Å². The lowest BCUT2D eigenvalue weighted by Crippen LogP contribution is -2.38. The van der Waals surface area contributed by atoms with Crippen LogP contribution in [-0.2, 0) is 14.8 Å². The first kappa shape index (κ1) is 24.6. The van der Waals surface area contributed by atoms with Crippen LogP contribution in [0.2, 0.25) is 10.0 Å². The quantitative estimate of drug-likeness (QED) is 0.379. The highest BCUT2D eigenvalue weighted by Crippen LogP contribution is 2.30. The maximum Gasteiger partial charge on any atom is 0.264 e. The van der Waals surface area contributed by atoms with Crippen molar-refractivity contribution in [3.05, 3.63) is 95.0 Å². The first-order valence-electron chi connectivity index (χ1n) is 9.89. The number of hydrogen-bond donors (Lipinski definition) is 1. The Labute approximate surface area is 203 Å². The molecule has 33 heavy (non-hydrogen) atoms. The first-order valence-corrected chi connectivity index (χ1v) is 12.1.